The van der Waals surface area contributed by atoms with Gasteiger partial charge in [0.15, 0.2) is 0 Å². The number of rotatable bonds is 7. The van der Waals surface area contributed by atoms with Crippen LogP contribution < -0.4 is 10.8 Å². The first kappa shape index (κ1) is 37.4. The van der Waals surface area contributed by atoms with E-state index in [4.69, 9.17) is 19.0 Å². The molecule has 5 aliphatic rings. The van der Waals surface area contributed by atoms with Gasteiger partial charge in [-0.3, -0.25) is 4.79 Å². The summed E-state index contributed by atoms with van der Waals surface area (Å²) in [7, 11) is 0.981. The second kappa shape index (κ2) is 13.2. The molecule has 1 saturated carbocycles. The zero-order chi connectivity index (χ0) is 39.5. The normalized spacial score (nSPS) is 24.6. The lowest BCUT2D eigenvalue weighted by Crippen LogP contribution is -2.51. The number of H-pyrrole nitrogens is 1. The summed E-state index contributed by atoms with van der Waals surface area (Å²) >= 11 is 0. The SMILES string of the molecule is COC(=O)N[C@H](C(=O)N1CC(C)(C)C[C@H]1c1nc2ccc(-c3ccc(-c4ccc(B5OC(C)(C)C(C)(C)O5)c5c4CCC5)c4c3CC3CCC43)cc2[nH]1)C(C)C. The van der Waals surface area contributed by atoms with Gasteiger partial charge in [0.2, 0.25) is 5.91 Å². The van der Waals surface area contributed by atoms with Crippen molar-refractivity contribution in [2.45, 2.75) is 130 Å². The fourth-order valence-corrected chi connectivity index (χ4v) is 10.4. The molecule has 56 heavy (non-hydrogen) atoms. The van der Waals surface area contributed by atoms with E-state index in [1.165, 1.54) is 64.4 Å². The molecular formula is C46H57BN4O5. The zero-order valence-corrected chi connectivity index (χ0v) is 34.6. The smallest absolute Gasteiger partial charge is 0.453 e. The lowest BCUT2D eigenvalue weighted by Gasteiger charge is -2.32. The molecule has 0 spiro atoms. The molecule has 294 valence electrons. The van der Waals surface area contributed by atoms with Crippen molar-refractivity contribution in [1.82, 2.24) is 20.2 Å². The standard InChI is InChI=1S/C46H57BN4O5/c1-25(2)40(50-43(53)54-9)42(52)51-24-44(3,4)23-38(51)41-48-36-20-14-27(22-37(36)49-41)28-16-17-33(39-29-15-13-26(29)21-34(28)39)31-18-19-35(32-12-10-11-30(31)32)47-55-45(5,6)46(7,8)56-47/h14,16-20,22,25-26,29,38,40H,10-13,15,21,23-24H2,1-9H3,(H,48,49)(H,50,53)/t26?,29?,38-,40-/m0/s1. The number of imidazole rings is 1. The molecule has 2 N–H and O–H groups in total. The van der Waals surface area contributed by atoms with Gasteiger partial charge in [-0.25, -0.2) is 9.78 Å². The number of carbonyl (C=O) groups excluding carboxylic acids is 2. The number of carbonyl (C=O) groups is 2. The number of hydrogen-bond acceptors (Lipinski definition) is 6. The predicted octanol–water partition coefficient (Wildman–Crippen LogP) is 8.41. The Hall–Kier alpha value is -4.15. The molecule has 2 aliphatic heterocycles. The topological polar surface area (TPSA) is 106 Å². The van der Waals surface area contributed by atoms with Crippen LogP contribution in [-0.2, 0) is 38.1 Å². The van der Waals surface area contributed by atoms with Crippen LogP contribution in [0.2, 0.25) is 0 Å². The fourth-order valence-electron chi connectivity index (χ4n) is 10.4. The highest BCUT2D eigenvalue weighted by atomic mass is 16.7. The first-order valence-corrected chi connectivity index (χ1v) is 20.9. The van der Waals surface area contributed by atoms with Crippen LogP contribution in [-0.4, -0.2) is 64.9 Å². The average molecular weight is 757 g/mol. The van der Waals surface area contributed by atoms with Gasteiger partial charge in [0.05, 0.1) is 35.4 Å². The predicted molar refractivity (Wildman–Crippen MR) is 221 cm³/mol. The number of fused-ring (bicyclic) bond motifs is 5. The number of nitrogens with one attached hydrogen (secondary N) is 2. The average Bonchev–Trinajstić information content (AvgIpc) is 3.94. The Kier molecular flexibility index (Phi) is 8.82. The minimum Gasteiger partial charge on any atom is -0.453 e. The summed E-state index contributed by atoms with van der Waals surface area (Å²) in [6.45, 7) is 17.4. The number of aromatic nitrogens is 2. The van der Waals surface area contributed by atoms with Gasteiger partial charge in [0.25, 0.3) is 0 Å². The summed E-state index contributed by atoms with van der Waals surface area (Å²) in [4.78, 5) is 36.9. The number of methoxy groups -OCH3 is 1. The van der Waals surface area contributed by atoms with Gasteiger partial charge in [-0.1, -0.05) is 58.0 Å². The maximum Gasteiger partial charge on any atom is 0.495 e. The number of ether oxygens (including phenoxy) is 1. The highest BCUT2D eigenvalue weighted by Gasteiger charge is 2.53. The van der Waals surface area contributed by atoms with Crippen LogP contribution in [0.25, 0.3) is 33.3 Å². The number of alkyl carbamates (subject to hydrolysis) is 1. The summed E-state index contributed by atoms with van der Waals surface area (Å²) < 4.78 is 18.0. The van der Waals surface area contributed by atoms with Crippen molar-refractivity contribution in [3.63, 3.8) is 0 Å². The second-order valence-corrected chi connectivity index (χ2v) is 19.4. The van der Waals surface area contributed by atoms with Gasteiger partial charge in [0, 0.05) is 6.54 Å². The summed E-state index contributed by atoms with van der Waals surface area (Å²) in [5, 5.41) is 2.78. The van der Waals surface area contributed by atoms with E-state index in [1.54, 1.807) is 5.56 Å². The molecule has 4 atom stereocenters. The Morgan fingerprint density at radius 1 is 0.929 bits per heavy atom. The third kappa shape index (κ3) is 6.00. The summed E-state index contributed by atoms with van der Waals surface area (Å²) in [5.41, 5.74) is 13.5. The molecule has 3 aliphatic carbocycles. The van der Waals surface area contributed by atoms with Crippen molar-refractivity contribution < 1.29 is 23.6 Å². The Bertz CT molecular complexity index is 2240. The number of likely N-dealkylation sites (tertiary alicyclic amines) is 1. The first-order valence-electron chi connectivity index (χ1n) is 20.9. The zero-order valence-electron chi connectivity index (χ0n) is 34.6. The molecule has 2 unspecified atom stereocenters. The fraction of sp³-hybridized carbons (Fsp3) is 0.543. The van der Waals surface area contributed by atoms with E-state index in [-0.39, 0.29) is 41.6 Å². The maximum absolute atomic E-state index is 14.0. The van der Waals surface area contributed by atoms with E-state index in [0.717, 1.165) is 49.0 Å². The van der Waals surface area contributed by atoms with Crippen molar-refractivity contribution in [2.75, 3.05) is 13.7 Å². The Labute approximate surface area is 331 Å². The first-order chi connectivity index (χ1) is 26.6. The van der Waals surface area contributed by atoms with Crippen molar-refractivity contribution in [3.05, 3.63) is 70.5 Å². The van der Waals surface area contributed by atoms with E-state index in [9.17, 15) is 9.59 Å². The molecule has 10 heteroatoms. The molecule has 3 heterocycles. The van der Waals surface area contributed by atoms with E-state index >= 15 is 0 Å². The third-order valence-corrected chi connectivity index (χ3v) is 14.3. The molecule has 2 saturated heterocycles. The third-order valence-electron chi connectivity index (χ3n) is 14.3. The summed E-state index contributed by atoms with van der Waals surface area (Å²) in [5.74, 6) is 1.89. The number of nitrogens with zero attached hydrogens (tertiary/aromatic N) is 2. The van der Waals surface area contributed by atoms with E-state index in [2.05, 4.69) is 94.3 Å². The van der Waals surface area contributed by atoms with Gasteiger partial charge < -0.3 is 29.2 Å². The molecule has 2 amide bonds. The molecule has 3 aromatic carbocycles. The maximum atomic E-state index is 14.0. The molecule has 0 bridgehead atoms. The quantitative estimate of drug-likeness (QED) is 0.184. The van der Waals surface area contributed by atoms with Crippen LogP contribution >= 0.6 is 0 Å². The number of aromatic amines is 1. The Morgan fingerprint density at radius 3 is 2.34 bits per heavy atom. The monoisotopic (exact) mass is 756 g/mol. The summed E-state index contributed by atoms with van der Waals surface area (Å²) in [6, 6.07) is 15.1. The molecule has 1 aromatic heterocycles. The van der Waals surface area contributed by atoms with Gasteiger partial charge >= 0.3 is 13.2 Å². The minimum absolute atomic E-state index is 0.103. The molecule has 9 nitrogen and oxygen atoms in total. The number of benzene rings is 3. The molecular weight excluding hydrogens is 699 g/mol. The number of amides is 2. The van der Waals surface area contributed by atoms with Crippen molar-refractivity contribution in [2.24, 2.45) is 17.3 Å². The largest absolute Gasteiger partial charge is 0.495 e. The molecule has 3 fully saturated rings. The van der Waals surface area contributed by atoms with Crippen LogP contribution in [0.3, 0.4) is 0 Å². The lowest BCUT2D eigenvalue weighted by atomic mass is 9.71. The molecule has 4 aromatic rings. The Balaban J connectivity index is 1.06. The van der Waals surface area contributed by atoms with E-state index in [1.807, 2.05) is 18.7 Å². The lowest BCUT2D eigenvalue weighted by molar-refractivity contribution is -0.135. The molecule has 0 radical (unpaired) electrons. The highest BCUT2D eigenvalue weighted by molar-refractivity contribution is 6.62. The highest BCUT2D eigenvalue weighted by Crippen LogP contribution is 2.57. The van der Waals surface area contributed by atoms with Gasteiger partial charge in [-0.2, -0.15) is 0 Å². The van der Waals surface area contributed by atoms with Crippen LogP contribution in [0, 0.1) is 17.3 Å². The van der Waals surface area contributed by atoms with E-state index < -0.39 is 12.1 Å². The van der Waals surface area contributed by atoms with E-state index in [0.29, 0.717) is 18.4 Å². The van der Waals surface area contributed by atoms with Crippen molar-refractivity contribution in [3.8, 4) is 22.3 Å². The van der Waals surface area contributed by atoms with Gasteiger partial charge in [-0.05, 0) is 158 Å². The Morgan fingerprint density at radius 2 is 1.64 bits per heavy atom. The molecule has 9 rings (SSSR count). The van der Waals surface area contributed by atoms with Gasteiger partial charge in [0.1, 0.15) is 11.9 Å². The van der Waals surface area contributed by atoms with Crippen LogP contribution in [0.15, 0.2) is 42.5 Å². The van der Waals surface area contributed by atoms with Crippen molar-refractivity contribution >= 4 is 35.6 Å². The van der Waals surface area contributed by atoms with Crippen LogP contribution in [0.5, 0.6) is 0 Å². The second-order valence-electron chi connectivity index (χ2n) is 19.4. The number of hydrogen-bond donors (Lipinski definition) is 2. The minimum atomic E-state index is -0.690. The van der Waals surface area contributed by atoms with Gasteiger partial charge in [-0.15, -0.1) is 0 Å². The van der Waals surface area contributed by atoms with Crippen LogP contribution in [0.4, 0.5) is 4.79 Å². The van der Waals surface area contributed by atoms with Crippen LogP contribution in [0.1, 0.15) is 121 Å². The summed E-state index contributed by atoms with van der Waals surface area (Å²) in [6.07, 6.45) is 7.14. The van der Waals surface area contributed by atoms with Crippen molar-refractivity contribution in [1.29, 1.82) is 0 Å².